The van der Waals surface area contributed by atoms with Crippen LogP contribution in [0.2, 0.25) is 0 Å². The zero-order valence-corrected chi connectivity index (χ0v) is 8.02. The number of ether oxygens (including phenoxy) is 1. The van der Waals surface area contributed by atoms with Gasteiger partial charge in [0.2, 0.25) is 0 Å². The van der Waals surface area contributed by atoms with Crippen LogP contribution in [0, 0.1) is 0 Å². The number of fused-ring (bicyclic) bond motifs is 1. The molecule has 0 aliphatic carbocycles. The van der Waals surface area contributed by atoms with Gasteiger partial charge < -0.3 is 9.30 Å². The van der Waals surface area contributed by atoms with E-state index in [0.717, 1.165) is 13.0 Å². The predicted octanol–water partition coefficient (Wildman–Crippen LogP) is 2.95. The summed E-state index contributed by atoms with van der Waals surface area (Å²) < 4.78 is 7.91. The Morgan fingerprint density at radius 2 is 2.14 bits per heavy atom. The maximum absolute atomic E-state index is 5.67. The van der Waals surface area contributed by atoms with Crippen LogP contribution in [0.1, 0.15) is 19.1 Å². The molecule has 1 unspecified atom stereocenters. The van der Waals surface area contributed by atoms with Gasteiger partial charge in [-0.25, -0.2) is 0 Å². The van der Waals surface area contributed by atoms with E-state index < -0.39 is 0 Å². The average molecular weight is 187 g/mol. The maximum atomic E-state index is 5.67. The van der Waals surface area contributed by atoms with Crippen LogP contribution in [0.15, 0.2) is 36.5 Å². The molecule has 1 fully saturated rings. The number of benzene rings is 1. The first-order chi connectivity index (χ1) is 6.95. The van der Waals surface area contributed by atoms with Crippen molar-refractivity contribution in [2.24, 2.45) is 0 Å². The summed E-state index contributed by atoms with van der Waals surface area (Å²) in [6, 6.07) is 10.6. The Morgan fingerprint density at radius 1 is 1.21 bits per heavy atom. The molecule has 3 rings (SSSR count). The first kappa shape index (κ1) is 8.06. The van der Waals surface area contributed by atoms with Gasteiger partial charge in [-0.15, -0.1) is 0 Å². The molecule has 2 heterocycles. The summed E-state index contributed by atoms with van der Waals surface area (Å²) in [7, 11) is 0. The molecule has 2 heteroatoms. The SMILES string of the molecule is c1ccc2c(c1)ccn2C1CCCO1. The number of nitrogens with zero attached hydrogens (tertiary/aromatic N) is 1. The molecule has 14 heavy (non-hydrogen) atoms. The van der Waals surface area contributed by atoms with Gasteiger partial charge in [0.05, 0.1) is 5.52 Å². The normalized spacial score (nSPS) is 21.9. The van der Waals surface area contributed by atoms with Gasteiger partial charge in [-0.05, 0) is 30.4 Å². The molecule has 1 aromatic carbocycles. The van der Waals surface area contributed by atoms with Gasteiger partial charge in [0.25, 0.3) is 0 Å². The van der Waals surface area contributed by atoms with Crippen LogP contribution < -0.4 is 0 Å². The minimum Gasteiger partial charge on any atom is -0.358 e. The van der Waals surface area contributed by atoms with E-state index in [9.17, 15) is 0 Å². The van der Waals surface area contributed by atoms with E-state index in [2.05, 4.69) is 41.1 Å². The van der Waals surface area contributed by atoms with Crippen LogP contribution in [-0.2, 0) is 4.74 Å². The number of rotatable bonds is 1. The molecular weight excluding hydrogens is 174 g/mol. The number of para-hydroxylation sites is 1. The summed E-state index contributed by atoms with van der Waals surface area (Å²) >= 11 is 0. The van der Waals surface area contributed by atoms with Crippen molar-refractivity contribution in [3.63, 3.8) is 0 Å². The van der Waals surface area contributed by atoms with Gasteiger partial charge in [0, 0.05) is 12.8 Å². The highest BCUT2D eigenvalue weighted by Gasteiger charge is 2.17. The molecule has 1 aliphatic rings. The molecule has 2 nitrogen and oxygen atoms in total. The highest BCUT2D eigenvalue weighted by molar-refractivity contribution is 5.80. The lowest BCUT2D eigenvalue weighted by Crippen LogP contribution is -2.04. The zero-order valence-electron chi connectivity index (χ0n) is 8.02. The van der Waals surface area contributed by atoms with E-state index >= 15 is 0 Å². The molecule has 72 valence electrons. The fourth-order valence-electron chi connectivity index (χ4n) is 2.14. The molecule has 1 aromatic heterocycles. The summed E-state index contributed by atoms with van der Waals surface area (Å²) in [6.07, 6.45) is 4.70. The van der Waals surface area contributed by atoms with Crippen molar-refractivity contribution in [3.8, 4) is 0 Å². The van der Waals surface area contributed by atoms with E-state index in [-0.39, 0.29) is 6.23 Å². The molecule has 1 aliphatic heterocycles. The molecular formula is C12H13NO. The minimum atomic E-state index is 0.259. The van der Waals surface area contributed by atoms with Crippen molar-refractivity contribution in [2.45, 2.75) is 19.1 Å². The molecule has 0 saturated carbocycles. The number of hydrogen-bond acceptors (Lipinski definition) is 1. The summed E-state index contributed by atoms with van der Waals surface area (Å²) in [5.41, 5.74) is 1.28. The largest absolute Gasteiger partial charge is 0.358 e. The fourth-order valence-corrected chi connectivity index (χ4v) is 2.14. The van der Waals surface area contributed by atoms with Crippen molar-refractivity contribution < 1.29 is 4.74 Å². The maximum Gasteiger partial charge on any atom is 0.134 e. The molecule has 0 N–H and O–H groups in total. The summed E-state index contributed by atoms with van der Waals surface area (Å²) in [5.74, 6) is 0. The molecule has 0 bridgehead atoms. The molecule has 2 aromatic rings. The van der Waals surface area contributed by atoms with Crippen LogP contribution >= 0.6 is 0 Å². The van der Waals surface area contributed by atoms with Gasteiger partial charge in [0.1, 0.15) is 6.23 Å². The first-order valence-corrected chi connectivity index (χ1v) is 5.12. The van der Waals surface area contributed by atoms with Crippen LogP contribution in [0.4, 0.5) is 0 Å². The minimum absolute atomic E-state index is 0.259. The van der Waals surface area contributed by atoms with E-state index in [1.807, 2.05) is 0 Å². The fraction of sp³-hybridized carbons (Fsp3) is 0.333. The Labute approximate surface area is 83.1 Å². The van der Waals surface area contributed by atoms with Crippen LogP contribution in [-0.4, -0.2) is 11.2 Å². The second kappa shape index (κ2) is 3.14. The highest BCUT2D eigenvalue weighted by atomic mass is 16.5. The Kier molecular flexibility index (Phi) is 1.81. The summed E-state index contributed by atoms with van der Waals surface area (Å²) in [4.78, 5) is 0. The summed E-state index contributed by atoms with van der Waals surface area (Å²) in [6.45, 7) is 0.900. The predicted molar refractivity (Wildman–Crippen MR) is 56.2 cm³/mol. The molecule has 0 spiro atoms. The van der Waals surface area contributed by atoms with Crippen molar-refractivity contribution >= 4 is 10.9 Å². The Hall–Kier alpha value is -1.28. The molecule has 1 saturated heterocycles. The Balaban J connectivity index is 2.11. The monoisotopic (exact) mass is 187 g/mol. The third kappa shape index (κ3) is 1.15. The zero-order chi connectivity index (χ0) is 9.38. The van der Waals surface area contributed by atoms with Gasteiger partial charge in [0.15, 0.2) is 0 Å². The first-order valence-electron chi connectivity index (χ1n) is 5.12. The van der Waals surface area contributed by atoms with Crippen molar-refractivity contribution in [1.82, 2.24) is 4.57 Å². The van der Waals surface area contributed by atoms with E-state index in [0.29, 0.717) is 0 Å². The van der Waals surface area contributed by atoms with E-state index in [1.165, 1.54) is 17.3 Å². The average Bonchev–Trinajstić information content (AvgIpc) is 2.85. The Morgan fingerprint density at radius 3 is 3.00 bits per heavy atom. The lowest BCUT2D eigenvalue weighted by atomic mass is 10.2. The highest BCUT2D eigenvalue weighted by Crippen LogP contribution is 2.27. The second-order valence-corrected chi connectivity index (χ2v) is 3.75. The van der Waals surface area contributed by atoms with Gasteiger partial charge in [-0.2, -0.15) is 0 Å². The molecule has 0 radical (unpaired) electrons. The molecule has 1 atom stereocenters. The molecule has 0 amide bonds. The van der Waals surface area contributed by atoms with Crippen LogP contribution in [0.3, 0.4) is 0 Å². The topological polar surface area (TPSA) is 14.2 Å². The van der Waals surface area contributed by atoms with Gasteiger partial charge in [-0.3, -0.25) is 0 Å². The lowest BCUT2D eigenvalue weighted by Gasteiger charge is -2.12. The summed E-state index contributed by atoms with van der Waals surface area (Å²) in [5, 5.41) is 1.29. The number of hydrogen-bond donors (Lipinski definition) is 0. The van der Waals surface area contributed by atoms with Crippen molar-refractivity contribution in [3.05, 3.63) is 36.5 Å². The smallest absolute Gasteiger partial charge is 0.134 e. The van der Waals surface area contributed by atoms with Gasteiger partial charge >= 0.3 is 0 Å². The third-order valence-corrected chi connectivity index (χ3v) is 2.85. The van der Waals surface area contributed by atoms with E-state index in [4.69, 9.17) is 4.74 Å². The van der Waals surface area contributed by atoms with Crippen molar-refractivity contribution in [1.29, 1.82) is 0 Å². The van der Waals surface area contributed by atoms with E-state index in [1.54, 1.807) is 0 Å². The second-order valence-electron chi connectivity index (χ2n) is 3.75. The standard InChI is InChI=1S/C12H13NO/c1-2-5-11-10(4-1)7-8-13(11)12-6-3-9-14-12/h1-2,4-5,7-8,12H,3,6,9H2. The lowest BCUT2D eigenvalue weighted by molar-refractivity contribution is 0.0601. The van der Waals surface area contributed by atoms with Crippen molar-refractivity contribution in [2.75, 3.05) is 6.61 Å². The number of aromatic nitrogens is 1. The van der Waals surface area contributed by atoms with Gasteiger partial charge in [-0.1, -0.05) is 18.2 Å². The Bertz CT molecular complexity index is 440. The van der Waals surface area contributed by atoms with Crippen LogP contribution in [0.5, 0.6) is 0 Å². The van der Waals surface area contributed by atoms with Crippen LogP contribution in [0.25, 0.3) is 10.9 Å². The third-order valence-electron chi connectivity index (χ3n) is 2.85. The quantitative estimate of drug-likeness (QED) is 0.669.